The van der Waals surface area contributed by atoms with Crippen molar-refractivity contribution in [2.24, 2.45) is 0 Å². The van der Waals surface area contributed by atoms with Crippen LogP contribution in [0.2, 0.25) is 0 Å². The smallest absolute Gasteiger partial charge is 0.263 e. The first-order valence-electron chi connectivity index (χ1n) is 8.14. The van der Waals surface area contributed by atoms with Crippen LogP contribution in [0.5, 0.6) is 0 Å². The monoisotopic (exact) mass is 355 g/mol. The zero-order valence-electron chi connectivity index (χ0n) is 15.0. The quantitative estimate of drug-likeness (QED) is 0.775. The summed E-state index contributed by atoms with van der Waals surface area (Å²) >= 11 is 1.50. The summed E-state index contributed by atoms with van der Waals surface area (Å²) in [6, 6.07) is 5.24. The van der Waals surface area contributed by atoms with Gasteiger partial charge in [-0.1, -0.05) is 12.1 Å². The lowest BCUT2D eigenvalue weighted by Crippen LogP contribution is -2.32. The van der Waals surface area contributed by atoms with Gasteiger partial charge in [0.2, 0.25) is 5.91 Å². The van der Waals surface area contributed by atoms with Crippen molar-refractivity contribution in [1.29, 1.82) is 0 Å². The van der Waals surface area contributed by atoms with Crippen molar-refractivity contribution >= 4 is 33.1 Å². The number of hydrogen-bond acceptors (Lipinski definition) is 4. The lowest BCUT2D eigenvalue weighted by molar-refractivity contribution is -0.118. The third-order valence-corrected chi connectivity index (χ3v) is 5.68. The first-order chi connectivity index (χ1) is 11.8. The van der Waals surface area contributed by atoms with E-state index in [4.69, 9.17) is 0 Å². The Hall–Kier alpha value is -2.47. The number of fused-ring (bicyclic) bond motifs is 1. The van der Waals surface area contributed by atoms with Crippen molar-refractivity contribution in [2.75, 3.05) is 5.32 Å². The lowest BCUT2D eigenvalue weighted by atomic mass is 10.1. The fourth-order valence-corrected chi connectivity index (χ4v) is 3.75. The van der Waals surface area contributed by atoms with Crippen molar-refractivity contribution in [3.63, 3.8) is 0 Å². The van der Waals surface area contributed by atoms with E-state index in [0.29, 0.717) is 5.39 Å². The molecule has 0 aliphatic carbocycles. The highest BCUT2D eigenvalue weighted by atomic mass is 32.1. The van der Waals surface area contributed by atoms with Crippen LogP contribution in [-0.2, 0) is 4.79 Å². The van der Waals surface area contributed by atoms with Crippen molar-refractivity contribution in [1.82, 2.24) is 9.55 Å². The number of aryl methyl sites for hydroxylation is 4. The summed E-state index contributed by atoms with van der Waals surface area (Å²) in [7, 11) is 0. The van der Waals surface area contributed by atoms with Crippen molar-refractivity contribution in [3.8, 4) is 0 Å². The Balaban J connectivity index is 1.96. The molecule has 0 aliphatic heterocycles. The second-order valence-electron chi connectivity index (χ2n) is 6.40. The maximum atomic E-state index is 12.8. The van der Waals surface area contributed by atoms with Crippen LogP contribution in [0.15, 0.2) is 29.3 Å². The predicted octanol–water partition coefficient (Wildman–Crippen LogP) is 3.89. The lowest BCUT2D eigenvalue weighted by Gasteiger charge is -2.16. The second kappa shape index (κ2) is 6.44. The van der Waals surface area contributed by atoms with E-state index in [1.54, 1.807) is 6.92 Å². The summed E-state index contributed by atoms with van der Waals surface area (Å²) in [5.41, 5.74) is 3.58. The maximum absolute atomic E-state index is 12.8. The summed E-state index contributed by atoms with van der Waals surface area (Å²) < 4.78 is 1.40. The van der Waals surface area contributed by atoms with Crippen LogP contribution in [0.3, 0.4) is 0 Å². The number of carbonyl (C=O) groups is 1. The van der Waals surface area contributed by atoms with Gasteiger partial charge in [-0.05, 0) is 57.4 Å². The SMILES string of the molecule is Cc1ccc(C)c(NC(=O)C(C)n2cnc3sc(C)c(C)c3c2=O)c1. The summed E-state index contributed by atoms with van der Waals surface area (Å²) in [6.07, 6.45) is 1.47. The largest absolute Gasteiger partial charge is 0.324 e. The molecule has 25 heavy (non-hydrogen) atoms. The van der Waals surface area contributed by atoms with Crippen molar-refractivity contribution in [2.45, 2.75) is 40.7 Å². The highest BCUT2D eigenvalue weighted by Crippen LogP contribution is 2.26. The number of anilines is 1. The van der Waals surface area contributed by atoms with Gasteiger partial charge in [0.15, 0.2) is 0 Å². The normalized spacial score (nSPS) is 12.4. The minimum Gasteiger partial charge on any atom is -0.324 e. The molecule has 0 spiro atoms. The van der Waals surface area contributed by atoms with Crippen LogP contribution in [0.4, 0.5) is 5.69 Å². The van der Waals surface area contributed by atoms with E-state index in [1.807, 2.05) is 45.9 Å². The van der Waals surface area contributed by atoms with Crippen LogP contribution in [-0.4, -0.2) is 15.5 Å². The van der Waals surface area contributed by atoms with Gasteiger partial charge in [-0.3, -0.25) is 14.2 Å². The molecular weight excluding hydrogens is 334 g/mol. The Morgan fingerprint density at radius 3 is 2.68 bits per heavy atom. The highest BCUT2D eigenvalue weighted by Gasteiger charge is 2.20. The molecule has 3 aromatic rings. The van der Waals surface area contributed by atoms with E-state index in [2.05, 4.69) is 10.3 Å². The number of rotatable bonds is 3. The molecule has 0 aliphatic rings. The molecule has 1 N–H and O–H groups in total. The Morgan fingerprint density at radius 1 is 1.24 bits per heavy atom. The third kappa shape index (κ3) is 3.09. The number of benzene rings is 1. The zero-order chi connectivity index (χ0) is 18.3. The standard InChI is InChI=1S/C19H21N3O2S/c1-10-6-7-11(2)15(8-10)21-17(23)13(4)22-9-20-18-16(19(22)24)12(3)14(5)25-18/h6-9,13H,1-5H3,(H,21,23). The molecule has 1 aromatic carbocycles. The predicted molar refractivity (Wildman–Crippen MR) is 103 cm³/mol. The Morgan fingerprint density at radius 2 is 1.96 bits per heavy atom. The van der Waals surface area contributed by atoms with Crippen LogP contribution in [0.1, 0.15) is 34.5 Å². The molecule has 5 nitrogen and oxygen atoms in total. The summed E-state index contributed by atoms with van der Waals surface area (Å²) in [5.74, 6) is -0.235. The highest BCUT2D eigenvalue weighted by molar-refractivity contribution is 7.18. The number of carbonyl (C=O) groups excluding carboxylic acids is 1. The van der Waals surface area contributed by atoms with E-state index in [-0.39, 0.29) is 11.5 Å². The molecule has 0 fully saturated rings. The van der Waals surface area contributed by atoms with Gasteiger partial charge < -0.3 is 5.32 Å². The molecule has 2 aromatic heterocycles. The van der Waals surface area contributed by atoms with Gasteiger partial charge >= 0.3 is 0 Å². The molecule has 0 saturated heterocycles. The number of thiophene rings is 1. The molecular formula is C19H21N3O2S. The minimum atomic E-state index is -0.649. The number of amides is 1. The molecule has 0 radical (unpaired) electrons. The van der Waals surface area contributed by atoms with E-state index < -0.39 is 6.04 Å². The van der Waals surface area contributed by atoms with Gasteiger partial charge in [0.25, 0.3) is 5.56 Å². The van der Waals surface area contributed by atoms with Gasteiger partial charge in [-0.25, -0.2) is 4.98 Å². The fourth-order valence-electron chi connectivity index (χ4n) is 2.76. The number of aromatic nitrogens is 2. The van der Waals surface area contributed by atoms with Gasteiger partial charge in [0.05, 0.1) is 11.7 Å². The number of hydrogen-bond donors (Lipinski definition) is 1. The first-order valence-corrected chi connectivity index (χ1v) is 8.96. The van der Waals surface area contributed by atoms with Crippen LogP contribution >= 0.6 is 11.3 Å². The van der Waals surface area contributed by atoms with Gasteiger partial charge in [0, 0.05) is 10.6 Å². The Bertz CT molecular complexity index is 1030. The molecule has 1 atom stereocenters. The molecule has 0 saturated carbocycles. The van der Waals surface area contributed by atoms with Crippen LogP contribution in [0, 0.1) is 27.7 Å². The molecule has 130 valence electrons. The van der Waals surface area contributed by atoms with E-state index in [1.165, 1.54) is 22.2 Å². The second-order valence-corrected chi connectivity index (χ2v) is 7.61. The summed E-state index contributed by atoms with van der Waals surface area (Å²) in [6.45, 7) is 9.52. The molecule has 1 unspecified atom stereocenters. The number of nitrogens with zero attached hydrogens (tertiary/aromatic N) is 2. The fraction of sp³-hybridized carbons (Fsp3) is 0.316. The van der Waals surface area contributed by atoms with Crippen molar-refractivity contribution < 1.29 is 4.79 Å². The Labute approximate surface area is 150 Å². The van der Waals surface area contributed by atoms with Crippen LogP contribution < -0.4 is 10.9 Å². The van der Waals surface area contributed by atoms with Gasteiger partial charge in [-0.2, -0.15) is 0 Å². The maximum Gasteiger partial charge on any atom is 0.263 e. The third-order valence-electron chi connectivity index (χ3n) is 4.56. The van der Waals surface area contributed by atoms with Crippen LogP contribution in [0.25, 0.3) is 10.2 Å². The first kappa shape index (κ1) is 17.4. The van der Waals surface area contributed by atoms with E-state index in [9.17, 15) is 9.59 Å². The average Bonchev–Trinajstić information content (AvgIpc) is 2.86. The van der Waals surface area contributed by atoms with Gasteiger partial charge in [-0.15, -0.1) is 11.3 Å². The molecule has 1 amide bonds. The summed E-state index contributed by atoms with van der Waals surface area (Å²) in [5, 5.41) is 3.53. The van der Waals surface area contributed by atoms with Gasteiger partial charge in [0.1, 0.15) is 10.9 Å². The molecule has 6 heteroatoms. The minimum absolute atomic E-state index is 0.171. The topological polar surface area (TPSA) is 64.0 Å². The van der Waals surface area contributed by atoms with E-state index >= 15 is 0 Å². The van der Waals surface area contributed by atoms with Crippen molar-refractivity contribution in [3.05, 3.63) is 56.4 Å². The molecule has 0 bridgehead atoms. The number of nitrogens with one attached hydrogen (secondary N) is 1. The summed E-state index contributed by atoms with van der Waals surface area (Å²) in [4.78, 5) is 31.7. The van der Waals surface area contributed by atoms with E-state index in [0.717, 1.165) is 32.1 Å². The molecule has 3 rings (SSSR count). The average molecular weight is 355 g/mol. The molecule has 2 heterocycles. The zero-order valence-corrected chi connectivity index (χ0v) is 15.8. The Kier molecular flexibility index (Phi) is 4.47.